The highest BCUT2D eigenvalue weighted by Crippen LogP contribution is 2.54. The molecule has 0 heteroatoms. The van der Waals surface area contributed by atoms with Crippen LogP contribution in [0.1, 0.15) is 166 Å². The van der Waals surface area contributed by atoms with Crippen molar-refractivity contribution in [2.75, 3.05) is 0 Å². The first kappa shape index (κ1) is 36.6. The smallest absolute Gasteiger partial charge is 0.0215 e. The number of fused-ring (bicyclic) bond motifs is 3. The fourth-order valence-electron chi connectivity index (χ4n) is 6.91. The number of benzene rings is 2. The summed E-state index contributed by atoms with van der Waals surface area (Å²) in [6.45, 7) is 4.62. The minimum absolute atomic E-state index is 0.244. The number of terminal acetylenes is 2. The summed E-state index contributed by atoms with van der Waals surface area (Å²) < 4.78 is 0. The van der Waals surface area contributed by atoms with Crippen molar-refractivity contribution < 1.29 is 0 Å². The zero-order valence-corrected chi connectivity index (χ0v) is 27.0. The Labute approximate surface area is 256 Å². The molecular formula is C41H62. The van der Waals surface area contributed by atoms with Crippen LogP contribution in [0, 0.1) is 25.7 Å². The largest absolute Gasteiger partial charge is 0.124 e. The van der Waals surface area contributed by atoms with Gasteiger partial charge < -0.3 is 0 Å². The molecule has 226 valence electrons. The third-order valence-corrected chi connectivity index (χ3v) is 9.09. The van der Waals surface area contributed by atoms with Crippen LogP contribution in [0.5, 0.6) is 0 Å². The average molecular weight is 555 g/mol. The van der Waals surface area contributed by atoms with Gasteiger partial charge in [0, 0.05) is 5.41 Å². The fourth-order valence-corrected chi connectivity index (χ4v) is 6.91. The summed E-state index contributed by atoms with van der Waals surface area (Å²) in [6.07, 6.45) is 47.0. The molecule has 0 saturated heterocycles. The first-order chi connectivity index (χ1) is 20.3. The van der Waals surface area contributed by atoms with Crippen LogP contribution in [0.3, 0.4) is 0 Å². The lowest BCUT2D eigenvalue weighted by atomic mass is 9.70. The summed E-state index contributed by atoms with van der Waals surface area (Å²) in [5.74, 6) is 0. The molecule has 0 radical (unpaired) electrons. The van der Waals surface area contributed by atoms with Gasteiger partial charge in [-0.15, -0.1) is 25.7 Å². The number of unbranched alkanes of at least 4 members (excludes halogenated alkanes) is 18. The maximum Gasteiger partial charge on any atom is 0.0215 e. The second kappa shape index (κ2) is 24.2. The zero-order chi connectivity index (χ0) is 30.0. The van der Waals surface area contributed by atoms with Crippen molar-refractivity contribution in [1.29, 1.82) is 0 Å². The van der Waals surface area contributed by atoms with Crippen molar-refractivity contribution in [3.05, 3.63) is 59.7 Å². The molecule has 0 spiro atoms. The zero-order valence-electron chi connectivity index (χ0n) is 27.0. The summed E-state index contributed by atoms with van der Waals surface area (Å²) in [5.41, 5.74) is 6.52. The SMILES string of the molecule is C#C.C#C.CCCCCCCCCCCCC1(CCCCCCCCCCCC)c2ccccc2-c2ccccc21. The number of hydrogen-bond acceptors (Lipinski definition) is 0. The number of rotatable bonds is 22. The Balaban J connectivity index is 0.00000201. The van der Waals surface area contributed by atoms with E-state index in [1.807, 2.05) is 0 Å². The van der Waals surface area contributed by atoms with Crippen molar-refractivity contribution in [1.82, 2.24) is 0 Å². The van der Waals surface area contributed by atoms with Crippen LogP contribution in [0.15, 0.2) is 48.5 Å². The van der Waals surface area contributed by atoms with E-state index in [0.29, 0.717) is 0 Å². The van der Waals surface area contributed by atoms with Crippen molar-refractivity contribution in [2.45, 2.75) is 161 Å². The van der Waals surface area contributed by atoms with Gasteiger partial charge in [0.05, 0.1) is 0 Å². The molecule has 0 N–H and O–H groups in total. The molecule has 0 atom stereocenters. The van der Waals surface area contributed by atoms with Gasteiger partial charge in [-0.3, -0.25) is 0 Å². The number of hydrogen-bond donors (Lipinski definition) is 0. The second-order valence-corrected chi connectivity index (χ2v) is 12.0. The molecule has 41 heavy (non-hydrogen) atoms. The molecule has 0 bridgehead atoms. The molecule has 2 aromatic rings. The Morgan fingerprint density at radius 2 is 0.659 bits per heavy atom. The summed E-state index contributed by atoms with van der Waals surface area (Å²) in [7, 11) is 0. The summed E-state index contributed by atoms with van der Waals surface area (Å²) in [4.78, 5) is 0. The molecule has 0 fully saturated rings. The molecule has 0 aromatic heterocycles. The molecule has 3 rings (SSSR count). The second-order valence-electron chi connectivity index (χ2n) is 12.0. The van der Waals surface area contributed by atoms with Crippen LogP contribution in [0.25, 0.3) is 11.1 Å². The molecule has 2 aromatic carbocycles. The monoisotopic (exact) mass is 554 g/mol. The standard InChI is InChI=1S/C37H58.2C2H2/c1-3-5-7-9-11-13-15-17-19-25-31-37(32-26-20-18-16-14-12-10-8-6-4-2)35-29-23-21-27-33(35)34-28-22-24-30-36(34)37;2*1-2/h21-24,27-30H,3-20,25-26,31-32H2,1-2H3;2*1-2H. The first-order valence-electron chi connectivity index (χ1n) is 17.2. The molecule has 0 amide bonds. The highest BCUT2D eigenvalue weighted by Gasteiger charge is 2.41. The van der Waals surface area contributed by atoms with Gasteiger partial charge in [0.15, 0.2) is 0 Å². The summed E-state index contributed by atoms with van der Waals surface area (Å²) >= 11 is 0. The van der Waals surface area contributed by atoms with E-state index in [4.69, 9.17) is 0 Å². The van der Waals surface area contributed by atoms with Gasteiger partial charge in [-0.25, -0.2) is 0 Å². The van der Waals surface area contributed by atoms with Crippen LogP contribution in [0.4, 0.5) is 0 Å². The Kier molecular flexibility index (Phi) is 21.6. The minimum atomic E-state index is 0.244. The Bertz CT molecular complexity index is 852. The van der Waals surface area contributed by atoms with Gasteiger partial charge in [0.1, 0.15) is 0 Å². The molecule has 1 aliphatic rings. The minimum Gasteiger partial charge on any atom is -0.124 e. The third-order valence-electron chi connectivity index (χ3n) is 9.09. The van der Waals surface area contributed by atoms with E-state index in [0.717, 1.165) is 0 Å². The molecule has 0 unspecified atom stereocenters. The van der Waals surface area contributed by atoms with Crippen LogP contribution in [0.2, 0.25) is 0 Å². The maximum atomic E-state index is 4.00. The fraction of sp³-hybridized carbons (Fsp3) is 0.610. The van der Waals surface area contributed by atoms with Crippen LogP contribution in [-0.2, 0) is 5.41 Å². The van der Waals surface area contributed by atoms with Gasteiger partial charge in [-0.2, -0.15) is 0 Å². The quantitative estimate of drug-likeness (QED) is 0.100. The first-order valence-corrected chi connectivity index (χ1v) is 17.2. The van der Waals surface area contributed by atoms with Gasteiger partial charge in [-0.1, -0.05) is 191 Å². The lowest BCUT2D eigenvalue weighted by Gasteiger charge is -2.33. The molecule has 0 aliphatic heterocycles. The normalized spacial score (nSPS) is 12.3. The lowest BCUT2D eigenvalue weighted by molar-refractivity contribution is 0.397. The van der Waals surface area contributed by atoms with Gasteiger partial charge in [0.25, 0.3) is 0 Å². The molecular weight excluding hydrogens is 492 g/mol. The summed E-state index contributed by atoms with van der Waals surface area (Å²) in [5, 5.41) is 0. The Morgan fingerprint density at radius 3 is 0.976 bits per heavy atom. The van der Waals surface area contributed by atoms with Gasteiger partial charge >= 0.3 is 0 Å². The average Bonchev–Trinajstić information content (AvgIpc) is 3.31. The van der Waals surface area contributed by atoms with Crippen molar-refractivity contribution >= 4 is 0 Å². The van der Waals surface area contributed by atoms with E-state index in [2.05, 4.69) is 88.1 Å². The lowest BCUT2D eigenvalue weighted by Crippen LogP contribution is -2.25. The van der Waals surface area contributed by atoms with E-state index < -0.39 is 0 Å². The Hall–Kier alpha value is -2.44. The topological polar surface area (TPSA) is 0 Å². The van der Waals surface area contributed by atoms with E-state index in [1.54, 1.807) is 11.1 Å². The molecule has 0 nitrogen and oxygen atoms in total. The molecule has 1 aliphatic carbocycles. The predicted octanol–water partition coefficient (Wildman–Crippen LogP) is 13.1. The molecule has 0 heterocycles. The van der Waals surface area contributed by atoms with E-state index in [-0.39, 0.29) is 5.41 Å². The summed E-state index contributed by atoms with van der Waals surface area (Å²) in [6, 6.07) is 18.7. The van der Waals surface area contributed by atoms with Crippen molar-refractivity contribution in [3.8, 4) is 36.8 Å². The highest BCUT2D eigenvalue weighted by molar-refractivity contribution is 5.80. The van der Waals surface area contributed by atoms with Crippen LogP contribution < -0.4 is 0 Å². The van der Waals surface area contributed by atoms with Crippen LogP contribution in [-0.4, -0.2) is 0 Å². The van der Waals surface area contributed by atoms with Crippen LogP contribution >= 0.6 is 0 Å². The van der Waals surface area contributed by atoms with E-state index >= 15 is 0 Å². The van der Waals surface area contributed by atoms with Crippen molar-refractivity contribution in [2.24, 2.45) is 0 Å². The molecule has 0 saturated carbocycles. The van der Waals surface area contributed by atoms with E-state index in [9.17, 15) is 0 Å². The predicted molar refractivity (Wildman–Crippen MR) is 185 cm³/mol. The third kappa shape index (κ3) is 12.5. The maximum absolute atomic E-state index is 4.00. The highest BCUT2D eigenvalue weighted by atomic mass is 14.4. The Morgan fingerprint density at radius 1 is 0.390 bits per heavy atom. The van der Waals surface area contributed by atoms with Crippen molar-refractivity contribution in [3.63, 3.8) is 0 Å². The van der Waals surface area contributed by atoms with E-state index in [1.165, 1.54) is 152 Å². The van der Waals surface area contributed by atoms with Gasteiger partial charge in [-0.05, 0) is 35.1 Å². The van der Waals surface area contributed by atoms with Gasteiger partial charge in [0.2, 0.25) is 0 Å².